The van der Waals surface area contributed by atoms with Gasteiger partial charge < -0.3 is 9.73 Å². The number of sulfone groups is 1. The third kappa shape index (κ3) is 3.98. The van der Waals surface area contributed by atoms with Gasteiger partial charge in [-0.1, -0.05) is 19.1 Å². The molecule has 0 saturated heterocycles. The standard InChI is InChI=1S/C16H19NO4S/c1-4-13-8-9-15(21-13)16(18)17-14-7-5-6-12(11(14)2)10-22(3,19)20/h5-9H,4,10H2,1-3H3,(H,17,18). The number of furan rings is 1. The maximum absolute atomic E-state index is 12.2. The average Bonchev–Trinajstić information content (AvgIpc) is 2.90. The molecule has 0 bridgehead atoms. The highest BCUT2D eigenvalue weighted by molar-refractivity contribution is 7.89. The van der Waals surface area contributed by atoms with E-state index in [0.717, 1.165) is 17.7 Å². The summed E-state index contributed by atoms with van der Waals surface area (Å²) in [6, 6.07) is 8.60. The van der Waals surface area contributed by atoms with E-state index in [1.807, 2.05) is 6.92 Å². The molecule has 0 aliphatic heterocycles. The Labute approximate surface area is 130 Å². The minimum atomic E-state index is -3.13. The Kier molecular flexibility index (Phi) is 4.71. The molecule has 5 nitrogen and oxygen atoms in total. The molecule has 2 rings (SSSR count). The molecule has 0 unspecified atom stereocenters. The van der Waals surface area contributed by atoms with Crippen LogP contribution in [0.1, 0.15) is 34.4 Å². The fourth-order valence-corrected chi connectivity index (χ4v) is 3.01. The Bertz CT molecular complexity index is 790. The zero-order valence-corrected chi connectivity index (χ0v) is 13.7. The lowest BCUT2D eigenvalue weighted by Gasteiger charge is -2.11. The minimum absolute atomic E-state index is 0.0523. The van der Waals surface area contributed by atoms with Crippen LogP contribution in [0.2, 0.25) is 0 Å². The molecule has 1 heterocycles. The van der Waals surface area contributed by atoms with Crippen LogP contribution in [-0.4, -0.2) is 20.6 Å². The van der Waals surface area contributed by atoms with E-state index >= 15 is 0 Å². The maximum atomic E-state index is 12.2. The maximum Gasteiger partial charge on any atom is 0.291 e. The molecule has 1 N–H and O–H groups in total. The topological polar surface area (TPSA) is 76.4 Å². The summed E-state index contributed by atoms with van der Waals surface area (Å²) in [5, 5.41) is 2.76. The molecule has 0 aliphatic rings. The van der Waals surface area contributed by atoms with Crippen LogP contribution in [0.5, 0.6) is 0 Å². The van der Waals surface area contributed by atoms with E-state index in [1.54, 1.807) is 37.3 Å². The highest BCUT2D eigenvalue weighted by Crippen LogP contribution is 2.22. The first-order valence-electron chi connectivity index (χ1n) is 6.96. The van der Waals surface area contributed by atoms with E-state index in [2.05, 4.69) is 5.32 Å². The summed E-state index contributed by atoms with van der Waals surface area (Å²) < 4.78 is 28.3. The second-order valence-electron chi connectivity index (χ2n) is 5.23. The lowest BCUT2D eigenvalue weighted by Crippen LogP contribution is -2.13. The second-order valence-corrected chi connectivity index (χ2v) is 7.37. The van der Waals surface area contributed by atoms with Gasteiger partial charge in [-0.15, -0.1) is 0 Å². The van der Waals surface area contributed by atoms with E-state index in [1.165, 1.54) is 6.26 Å². The van der Waals surface area contributed by atoms with Gasteiger partial charge in [-0.25, -0.2) is 8.42 Å². The summed E-state index contributed by atoms with van der Waals surface area (Å²) in [6.45, 7) is 3.73. The summed E-state index contributed by atoms with van der Waals surface area (Å²) >= 11 is 0. The molecule has 0 saturated carbocycles. The van der Waals surface area contributed by atoms with Gasteiger partial charge in [0, 0.05) is 18.4 Å². The van der Waals surface area contributed by atoms with Crippen molar-refractivity contribution < 1.29 is 17.6 Å². The third-order valence-corrected chi connectivity index (χ3v) is 4.18. The first-order valence-corrected chi connectivity index (χ1v) is 9.02. The highest BCUT2D eigenvalue weighted by Gasteiger charge is 2.14. The summed E-state index contributed by atoms with van der Waals surface area (Å²) in [7, 11) is -3.13. The second kappa shape index (κ2) is 6.36. The highest BCUT2D eigenvalue weighted by atomic mass is 32.2. The van der Waals surface area contributed by atoms with Crippen LogP contribution in [0.3, 0.4) is 0 Å². The number of benzene rings is 1. The summed E-state index contributed by atoms with van der Waals surface area (Å²) in [6.07, 6.45) is 1.91. The van der Waals surface area contributed by atoms with Gasteiger partial charge in [0.05, 0.1) is 5.75 Å². The van der Waals surface area contributed by atoms with Crippen LogP contribution in [-0.2, 0) is 22.0 Å². The average molecular weight is 321 g/mol. The van der Waals surface area contributed by atoms with E-state index in [4.69, 9.17) is 4.42 Å². The number of nitrogens with one attached hydrogen (secondary N) is 1. The lowest BCUT2D eigenvalue weighted by molar-refractivity contribution is 0.0995. The first-order chi connectivity index (χ1) is 10.3. The van der Waals surface area contributed by atoms with Crippen LogP contribution in [0.15, 0.2) is 34.7 Å². The van der Waals surface area contributed by atoms with Gasteiger partial charge >= 0.3 is 0 Å². The Hall–Kier alpha value is -2.08. The lowest BCUT2D eigenvalue weighted by atomic mass is 10.1. The number of amides is 1. The molecule has 2 aromatic rings. The fraction of sp³-hybridized carbons (Fsp3) is 0.312. The van der Waals surface area contributed by atoms with Crippen LogP contribution < -0.4 is 5.32 Å². The minimum Gasteiger partial charge on any atom is -0.456 e. The van der Waals surface area contributed by atoms with E-state index in [9.17, 15) is 13.2 Å². The van der Waals surface area contributed by atoms with Gasteiger partial charge in [-0.05, 0) is 36.2 Å². The van der Waals surface area contributed by atoms with E-state index in [-0.39, 0.29) is 17.4 Å². The van der Waals surface area contributed by atoms with Crippen LogP contribution in [0.25, 0.3) is 0 Å². The summed E-state index contributed by atoms with van der Waals surface area (Å²) in [5.41, 5.74) is 2.00. The first kappa shape index (κ1) is 16.3. The number of carbonyl (C=O) groups is 1. The normalized spacial score (nSPS) is 11.4. The molecule has 6 heteroatoms. The fourth-order valence-electron chi connectivity index (χ4n) is 2.13. The number of hydrogen-bond acceptors (Lipinski definition) is 4. The van der Waals surface area contributed by atoms with Gasteiger partial charge in [0.2, 0.25) is 0 Å². The molecular formula is C16H19NO4S. The van der Waals surface area contributed by atoms with Crippen molar-refractivity contribution in [3.63, 3.8) is 0 Å². The predicted octanol–water partition coefficient (Wildman–Crippen LogP) is 2.95. The predicted molar refractivity (Wildman–Crippen MR) is 85.8 cm³/mol. The Morgan fingerprint density at radius 3 is 2.55 bits per heavy atom. The van der Waals surface area contributed by atoms with Crippen LogP contribution in [0, 0.1) is 6.92 Å². The van der Waals surface area contributed by atoms with Crippen molar-refractivity contribution in [1.82, 2.24) is 0 Å². The number of anilines is 1. The van der Waals surface area contributed by atoms with Crippen molar-refractivity contribution in [2.45, 2.75) is 26.0 Å². The number of carbonyl (C=O) groups excluding carboxylic acids is 1. The third-order valence-electron chi connectivity index (χ3n) is 3.35. The Morgan fingerprint density at radius 1 is 1.23 bits per heavy atom. The molecular weight excluding hydrogens is 302 g/mol. The smallest absolute Gasteiger partial charge is 0.291 e. The number of rotatable bonds is 5. The van der Waals surface area contributed by atoms with Crippen molar-refractivity contribution in [1.29, 1.82) is 0 Å². The van der Waals surface area contributed by atoms with Crippen molar-refractivity contribution in [2.24, 2.45) is 0 Å². The molecule has 1 aromatic heterocycles. The van der Waals surface area contributed by atoms with Gasteiger partial charge in [-0.2, -0.15) is 0 Å². The largest absolute Gasteiger partial charge is 0.456 e. The SMILES string of the molecule is CCc1ccc(C(=O)Nc2cccc(CS(C)(=O)=O)c2C)o1. The number of aryl methyl sites for hydroxylation is 1. The molecule has 0 aliphatic carbocycles. The van der Waals surface area contributed by atoms with Gasteiger partial charge in [0.15, 0.2) is 15.6 Å². The van der Waals surface area contributed by atoms with Crippen molar-refractivity contribution >= 4 is 21.4 Å². The Morgan fingerprint density at radius 2 is 1.95 bits per heavy atom. The quantitative estimate of drug-likeness (QED) is 0.918. The summed E-state index contributed by atoms with van der Waals surface area (Å²) in [4.78, 5) is 12.2. The zero-order chi connectivity index (χ0) is 16.3. The van der Waals surface area contributed by atoms with Crippen molar-refractivity contribution in [2.75, 3.05) is 11.6 Å². The van der Waals surface area contributed by atoms with Crippen molar-refractivity contribution in [3.8, 4) is 0 Å². The summed E-state index contributed by atoms with van der Waals surface area (Å²) in [5.74, 6) is 0.584. The van der Waals surface area contributed by atoms with Crippen molar-refractivity contribution in [3.05, 3.63) is 53.0 Å². The number of hydrogen-bond donors (Lipinski definition) is 1. The molecule has 0 radical (unpaired) electrons. The van der Waals surface area contributed by atoms with E-state index < -0.39 is 9.84 Å². The molecule has 0 atom stereocenters. The monoisotopic (exact) mass is 321 g/mol. The van der Waals surface area contributed by atoms with Gasteiger partial charge in [0.25, 0.3) is 5.91 Å². The molecule has 1 aromatic carbocycles. The van der Waals surface area contributed by atoms with E-state index in [0.29, 0.717) is 11.3 Å². The molecule has 0 fully saturated rings. The van der Waals surface area contributed by atoms with Gasteiger partial charge in [0.1, 0.15) is 5.76 Å². The molecule has 1 amide bonds. The zero-order valence-electron chi connectivity index (χ0n) is 12.8. The van der Waals surface area contributed by atoms with Crippen LogP contribution in [0.4, 0.5) is 5.69 Å². The molecule has 118 valence electrons. The Balaban J connectivity index is 2.22. The molecule has 22 heavy (non-hydrogen) atoms. The van der Waals surface area contributed by atoms with Crippen LogP contribution >= 0.6 is 0 Å². The van der Waals surface area contributed by atoms with Gasteiger partial charge in [-0.3, -0.25) is 4.79 Å². The molecule has 0 spiro atoms.